The zero-order chi connectivity index (χ0) is 11.6. The van der Waals surface area contributed by atoms with Crippen molar-refractivity contribution in [2.45, 2.75) is 35.9 Å². The molecule has 1 rings (SSSR count). The van der Waals surface area contributed by atoms with E-state index in [-0.39, 0.29) is 6.61 Å². The molecular weight excluding hydrogens is 222 g/mol. The Balaban J connectivity index is 2.70. The van der Waals surface area contributed by atoms with Crippen molar-refractivity contribution in [3.63, 3.8) is 0 Å². The van der Waals surface area contributed by atoms with Gasteiger partial charge in [0, 0.05) is 6.92 Å². The first-order valence-electron chi connectivity index (χ1n) is 4.55. The van der Waals surface area contributed by atoms with Crippen molar-refractivity contribution in [1.82, 2.24) is 5.32 Å². The van der Waals surface area contributed by atoms with Gasteiger partial charge in [0.15, 0.2) is 0 Å². The van der Waals surface area contributed by atoms with Crippen LogP contribution in [0.5, 0.6) is 0 Å². The first kappa shape index (κ1) is 12.7. The summed E-state index contributed by atoms with van der Waals surface area (Å²) in [6, 6.07) is -0.912. The van der Waals surface area contributed by atoms with Gasteiger partial charge in [-0.05, 0) is 0 Å². The normalized spacial score (nSPS) is 41.3. The van der Waals surface area contributed by atoms with Gasteiger partial charge in [0.25, 0.3) is 0 Å². The number of nitrogens with one attached hydrogen (secondary N) is 1. The van der Waals surface area contributed by atoms with Crippen LogP contribution in [0.2, 0.25) is 0 Å². The minimum atomic E-state index is -1.28. The molecule has 6 nitrogen and oxygen atoms in total. The second-order valence-electron chi connectivity index (χ2n) is 3.46. The highest BCUT2D eigenvalue weighted by Gasteiger charge is 2.43. The van der Waals surface area contributed by atoms with Crippen molar-refractivity contribution in [1.29, 1.82) is 0 Å². The third-order valence-corrected chi connectivity index (χ3v) is 3.62. The Kier molecular flexibility index (Phi) is 4.35. The topological polar surface area (TPSA) is 110 Å². The minimum absolute atomic E-state index is 0.341. The van der Waals surface area contributed by atoms with Crippen molar-refractivity contribution >= 4 is 17.7 Å². The molecule has 5 atom stereocenters. The molecule has 4 unspecified atom stereocenters. The Bertz CT molecular complexity index is 239. The standard InChI is InChI=1S/C8H15NO5S/c1-3(11)9-5-7(13)6(12)4(2-10)15-8(5)14/h4-8,10,12-14H,2H2,1H3,(H,9,11)/t4?,5?,6-,7?,8?/m1/s1. The summed E-state index contributed by atoms with van der Waals surface area (Å²) in [5, 5.41) is 39.3. The fraction of sp³-hybridized carbons (Fsp3) is 0.875. The molecule has 5 N–H and O–H groups in total. The molecule has 88 valence electrons. The van der Waals surface area contributed by atoms with Gasteiger partial charge in [0.2, 0.25) is 5.91 Å². The van der Waals surface area contributed by atoms with Gasteiger partial charge >= 0.3 is 0 Å². The van der Waals surface area contributed by atoms with E-state index in [1.807, 2.05) is 0 Å². The van der Waals surface area contributed by atoms with Gasteiger partial charge in [-0.15, -0.1) is 11.8 Å². The number of aliphatic hydroxyl groups is 4. The maximum Gasteiger partial charge on any atom is 0.217 e. The van der Waals surface area contributed by atoms with Gasteiger partial charge in [-0.2, -0.15) is 0 Å². The molecule has 0 spiro atoms. The van der Waals surface area contributed by atoms with Crippen LogP contribution in [-0.2, 0) is 4.79 Å². The van der Waals surface area contributed by atoms with Crippen molar-refractivity contribution < 1.29 is 25.2 Å². The lowest BCUT2D eigenvalue weighted by molar-refractivity contribution is -0.122. The largest absolute Gasteiger partial charge is 0.395 e. The van der Waals surface area contributed by atoms with Gasteiger partial charge in [0.05, 0.1) is 24.0 Å². The molecule has 1 fully saturated rings. The van der Waals surface area contributed by atoms with Crippen molar-refractivity contribution in [3.05, 3.63) is 0 Å². The molecule has 1 aliphatic rings. The van der Waals surface area contributed by atoms with E-state index in [1.165, 1.54) is 6.92 Å². The summed E-state index contributed by atoms with van der Waals surface area (Å²) >= 11 is 0.929. The average molecular weight is 237 g/mol. The van der Waals surface area contributed by atoms with E-state index in [2.05, 4.69) is 5.32 Å². The zero-order valence-electron chi connectivity index (χ0n) is 8.20. The Morgan fingerprint density at radius 3 is 2.40 bits per heavy atom. The zero-order valence-corrected chi connectivity index (χ0v) is 9.02. The lowest BCUT2D eigenvalue weighted by Crippen LogP contribution is -2.60. The predicted molar refractivity (Wildman–Crippen MR) is 54.1 cm³/mol. The third-order valence-electron chi connectivity index (χ3n) is 2.27. The molecule has 0 aromatic rings. The van der Waals surface area contributed by atoms with Crippen molar-refractivity contribution in [2.75, 3.05) is 6.61 Å². The van der Waals surface area contributed by atoms with Crippen LogP contribution in [0.1, 0.15) is 6.92 Å². The number of hydrogen-bond acceptors (Lipinski definition) is 6. The van der Waals surface area contributed by atoms with E-state index in [1.54, 1.807) is 0 Å². The van der Waals surface area contributed by atoms with Crippen molar-refractivity contribution in [3.8, 4) is 0 Å². The van der Waals surface area contributed by atoms with Gasteiger partial charge in [0.1, 0.15) is 11.5 Å². The summed E-state index contributed by atoms with van der Waals surface area (Å²) in [5.41, 5.74) is -1.04. The first-order chi connectivity index (χ1) is 6.97. The highest BCUT2D eigenvalue weighted by Crippen LogP contribution is 2.30. The van der Waals surface area contributed by atoms with Crippen LogP contribution >= 0.6 is 11.8 Å². The molecule has 0 aromatic carbocycles. The molecule has 1 saturated heterocycles. The summed E-state index contributed by atoms with van der Waals surface area (Å²) in [4.78, 5) is 10.8. The van der Waals surface area contributed by atoms with E-state index in [0.717, 1.165) is 11.8 Å². The third kappa shape index (κ3) is 2.82. The van der Waals surface area contributed by atoms with Gasteiger partial charge < -0.3 is 25.7 Å². The number of carbonyl (C=O) groups is 1. The lowest BCUT2D eigenvalue weighted by atomic mass is 10.0. The first-order valence-corrected chi connectivity index (χ1v) is 5.49. The maximum atomic E-state index is 10.8. The van der Waals surface area contributed by atoms with Crippen LogP contribution < -0.4 is 5.32 Å². The van der Waals surface area contributed by atoms with E-state index in [4.69, 9.17) is 5.11 Å². The molecule has 1 amide bonds. The van der Waals surface area contributed by atoms with E-state index in [9.17, 15) is 20.1 Å². The molecule has 0 aromatic heterocycles. The fourth-order valence-corrected chi connectivity index (χ4v) is 2.65. The molecule has 0 bridgehead atoms. The van der Waals surface area contributed by atoms with E-state index >= 15 is 0 Å². The Morgan fingerprint density at radius 1 is 1.33 bits per heavy atom. The van der Waals surface area contributed by atoms with Crippen LogP contribution in [-0.4, -0.2) is 61.9 Å². The molecular formula is C8H15NO5S. The number of rotatable bonds is 2. The summed E-state index contributed by atoms with van der Waals surface area (Å²) in [6.07, 6.45) is -2.44. The van der Waals surface area contributed by atoms with E-state index in [0.29, 0.717) is 0 Å². The van der Waals surface area contributed by atoms with Gasteiger partial charge in [-0.1, -0.05) is 0 Å². The highest BCUT2D eigenvalue weighted by molar-refractivity contribution is 8.00. The molecule has 0 radical (unpaired) electrons. The van der Waals surface area contributed by atoms with Crippen LogP contribution in [0.25, 0.3) is 0 Å². The summed E-state index contributed by atoms with van der Waals surface area (Å²) < 4.78 is 0. The quantitative estimate of drug-likeness (QED) is 0.367. The number of hydrogen-bond donors (Lipinski definition) is 5. The van der Waals surface area contributed by atoms with Crippen molar-refractivity contribution in [2.24, 2.45) is 0 Å². The smallest absolute Gasteiger partial charge is 0.217 e. The summed E-state index contributed by atoms with van der Waals surface area (Å²) in [5.74, 6) is -0.395. The van der Waals surface area contributed by atoms with Gasteiger partial charge in [-0.3, -0.25) is 4.79 Å². The minimum Gasteiger partial charge on any atom is -0.395 e. The lowest BCUT2D eigenvalue weighted by Gasteiger charge is -2.39. The number of thioether (sulfide) groups is 1. The SMILES string of the molecule is CC(=O)NC1C(O)SC(CO)[C@@H](O)C1O. The summed E-state index contributed by atoms with van der Waals surface area (Å²) in [7, 11) is 0. The molecule has 0 aliphatic carbocycles. The fourth-order valence-electron chi connectivity index (χ4n) is 1.49. The Labute approximate surface area is 91.3 Å². The van der Waals surface area contributed by atoms with Crippen LogP contribution in [0.15, 0.2) is 0 Å². The van der Waals surface area contributed by atoms with E-state index < -0.39 is 34.8 Å². The molecule has 15 heavy (non-hydrogen) atoms. The molecule has 1 aliphatic heterocycles. The average Bonchev–Trinajstić information content (AvgIpc) is 2.18. The van der Waals surface area contributed by atoms with Crippen LogP contribution in [0.3, 0.4) is 0 Å². The van der Waals surface area contributed by atoms with Crippen LogP contribution in [0, 0.1) is 0 Å². The Hall–Kier alpha value is -0.340. The molecule has 7 heteroatoms. The predicted octanol–water partition coefficient (Wildman–Crippen LogP) is -2.36. The maximum absolute atomic E-state index is 10.8. The molecule has 0 saturated carbocycles. The van der Waals surface area contributed by atoms with Gasteiger partial charge in [-0.25, -0.2) is 0 Å². The number of aliphatic hydroxyl groups excluding tert-OH is 4. The Morgan fingerprint density at radius 2 is 1.93 bits per heavy atom. The number of amides is 1. The molecule has 1 heterocycles. The second kappa shape index (κ2) is 5.13. The monoisotopic (exact) mass is 237 g/mol. The summed E-state index contributed by atoms with van der Waals surface area (Å²) in [6.45, 7) is 0.918. The number of carbonyl (C=O) groups excluding carboxylic acids is 1. The highest BCUT2D eigenvalue weighted by atomic mass is 32.2. The second-order valence-corrected chi connectivity index (χ2v) is 4.82. The van der Waals surface area contributed by atoms with Crippen LogP contribution in [0.4, 0.5) is 0 Å².